The monoisotopic (exact) mass is 491 g/mol. The van der Waals surface area contributed by atoms with Gasteiger partial charge in [-0.15, -0.1) is 0 Å². The number of hydrogen-bond donors (Lipinski definition) is 5. The van der Waals surface area contributed by atoms with E-state index in [1.807, 2.05) is 5.48 Å². The molecule has 6 N–H and O–H groups in total. The molecule has 1 aliphatic carbocycles. The smallest absolute Gasteiger partial charge is 0.274 e. The quantitative estimate of drug-likeness (QED) is 0.230. The van der Waals surface area contributed by atoms with Crippen LogP contribution in [-0.2, 0) is 10.2 Å². The zero-order valence-electron chi connectivity index (χ0n) is 15.0. The minimum Gasteiger partial charge on any atom is -0.363 e. The van der Waals surface area contributed by atoms with E-state index in [4.69, 9.17) is 9.77 Å². The van der Waals surface area contributed by atoms with Crippen LogP contribution in [0.2, 0.25) is 0 Å². The Bertz CT molecular complexity index is 992. The lowest BCUT2D eigenvalue weighted by Crippen LogP contribution is -2.43. The topological polar surface area (TPSA) is 168 Å². The lowest BCUT2D eigenvalue weighted by Gasteiger charge is -2.28. The van der Waals surface area contributed by atoms with Gasteiger partial charge in [0.1, 0.15) is 5.82 Å². The highest BCUT2D eigenvalue weighted by Crippen LogP contribution is 2.25. The molecule has 29 heavy (non-hydrogen) atoms. The third kappa shape index (κ3) is 5.93. The molecule has 0 unspecified atom stereocenters. The molecule has 1 aromatic heterocycles. The van der Waals surface area contributed by atoms with Crippen molar-refractivity contribution in [3.63, 3.8) is 0 Å². The number of anilines is 1. The summed E-state index contributed by atoms with van der Waals surface area (Å²) in [6.45, 7) is 0. The van der Waals surface area contributed by atoms with E-state index in [2.05, 4.69) is 41.3 Å². The van der Waals surface area contributed by atoms with Crippen molar-refractivity contribution in [3.05, 3.63) is 34.2 Å². The number of nitrogens with one attached hydrogen (secondary N) is 3. The highest BCUT2D eigenvalue weighted by Gasteiger charge is 2.26. The number of nitrogens with two attached hydrogens (primary N) is 1. The molecule has 0 spiro atoms. The summed E-state index contributed by atoms with van der Waals surface area (Å²) in [6, 6.07) is 3.86. The molecular formula is C15H19BrFN7O4S. The van der Waals surface area contributed by atoms with Crippen molar-refractivity contribution in [2.45, 2.75) is 37.8 Å². The summed E-state index contributed by atoms with van der Waals surface area (Å²) in [5.74, 6) is -0.230. The van der Waals surface area contributed by atoms with Crippen molar-refractivity contribution in [2.75, 3.05) is 5.32 Å². The Morgan fingerprint density at radius 2 is 1.97 bits per heavy atom. The molecule has 1 aromatic carbocycles. The van der Waals surface area contributed by atoms with Gasteiger partial charge in [-0.05, 0) is 70.1 Å². The van der Waals surface area contributed by atoms with E-state index >= 15 is 0 Å². The van der Waals surface area contributed by atoms with Crippen LogP contribution in [0, 0.1) is 5.82 Å². The van der Waals surface area contributed by atoms with Gasteiger partial charge in [0.25, 0.3) is 10.2 Å². The molecule has 1 fully saturated rings. The zero-order chi connectivity index (χ0) is 21.0. The molecule has 0 saturated heterocycles. The Kier molecular flexibility index (Phi) is 6.79. The number of hydrogen-bond acceptors (Lipinski definition) is 8. The molecule has 2 aromatic rings. The molecule has 11 nitrogen and oxygen atoms in total. The fourth-order valence-corrected chi connectivity index (χ4v) is 4.10. The van der Waals surface area contributed by atoms with E-state index in [1.165, 1.54) is 18.2 Å². The Morgan fingerprint density at radius 1 is 1.28 bits per heavy atom. The van der Waals surface area contributed by atoms with Crippen molar-refractivity contribution in [2.24, 2.45) is 10.1 Å². The maximum absolute atomic E-state index is 13.4. The van der Waals surface area contributed by atoms with Gasteiger partial charge in [-0.2, -0.15) is 13.1 Å². The normalized spacial score (nSPS) is 20.5. The fraction of sp³-hybridized carbons (Fsp3) is 0.400. The van der Waals surface area contributed by atoms with Gasteiger partial charge in [-0.1, -0.05) is 0 Å². The number of aliphatic imine (C=N–C) groups is 1. The zero-order valence-corrected chi connectivity index (χ0v) is 17.4. The first-order valence-corrected chi connectivity index (χ1v) is 10.9. The van der Waals surface area contributed by atoms with Crippen molar-refractivity contribution in [3.8, 4) is 0 Å². The van der Waals surface area contributed by atoms with Gasteiger partial charge in [-0.3, -0.25) is 10.7 Å². The number of amidine groups is 1. The Hall–Kier alpha value is -2.13. The summed E-state index contributed by atoms with van der Waals surface area (Å²) in [4.78, 5) is 4.19. The standard InChI is InChI=1S/C15H19BrFN7O4S/c16-11-7-10(5-6-12(11)17)20-14(21-25)13-15(23-28-22-13)19-8-1-3-9(4-2-8)24-29(18,26)27/h5-9,24-25H,1-4H2,(H,19,23)(H,20,21)(H2,18,26,27)/t8-,9-. The molecule has 158 valence electrons. The average molecular weight is 492 g/mol. The van der Waals surface area contributed by atoms with E-state index < -0.39 is 16.0 Å². The van der Waals surface area contributed by atoms with E-state index in [0.717, 1.165) is 0 Å². The van der Waals surface area contributed by atoms with Crippen LogP contribution < -0.4 is 20.7 Å². The molecule has 1 aliphatic rings. The molecule has 1 heterocycles. The molecule has 0 aliphatic heterocycles. The third-order valence-electron chi connectivity index (χ3n) is 4.36. The van der Waals surface area contributed by atoms with Gasteiger partial charge < -0.3 is 5.32 Å². The number of nitrogens with zero attached hydrogens (tertiary/aromatic N) is 3. The molecule has 0 atom stereocenters. The van der Waals surface area contributed by atoms with Crippen LogP contribution in [-0.4, -0.2) is 41.9 Å². The first kappa shape index (κ1) is 21.6. The number of aromatic nitrogens is 2. The summed E-state index contributed by atoms with van der Waals surface area (Å²) < 4.78 is 43.0. The highest BCUT2D eigenvalue weighted by molar-refractivity contribution is 9.10. The second-order valence-electron chi connectivity index (χ2n) is 6.49. The summed E-state index contributed by atoms with van der Waals surface area (Å²) in [6.07, 6.45) is 2.50. The molecule has 0 bridgehead atoms. The Balaban J connectivity index is 1.70. The van der Waals surface area contributed by atoms with Gasteiger partial charge in [0.2, 0.25) is 5.82 Å². The van der Waals surface area contributed by atoms with Crippen LogP contribution in [0.5, 0.6) is 0 Å². The molecule has 1 saturated carbocycles. The van der Waals surface area contributed by atoms with Gasteiger partial charge in [-0.25, -0.2) is 19.2 Å². The van der Waals surface area contributed by atoms with Crippen LogP contribution in [0.25, 0.3) is 0 Å². The SMILES string of the molecule is NS(=O)(=O)N[C@H]1CC[C@H](Nc2nonc2/C(=N\c2ccc(F)c(Br)c2)NO)CC1. The van der Waals surface area contributed by atoms with Crippen molar-refractivity contribution >= 4 is 43.5 Å². The van der Waals surface area contributed by atoms with Crippen LogP contribution in [0.3, 0.4) is 0 Å². The number of rotatable bonds is 6. The van der Waals surface area contributed by atoms with Gasteiger partial charge in [0.15, 0.2) is 11.5 Å². The molecular weight excluding hydrogens is 473 g/mol. The van der Waals surface area contributed by atoms with Gasteiger partial charge in [0.05, 0.1) is 10.2 Å². The summed E-state index contributed by atoms with van der Waals surface area (Å²) in [5.41, 5.74) is 2.44. The molecule has 0 radical (unpaired) electrons. The largest absolute Gasteiger partial charge is 0.363 e. The van der Waals surface area contributed by atoms with E-state index in [9.17, 15) is 18.0 Å². The van der Waals surface area contributed by atoms with E-state index in [1.54, 1.807) is 0 Å². The summed E-state index contributed by atoms with van der Waals surface area (Å²) in [7, 11) is -3.73. The van der Waals surface area contributed by atoms with Crippen LogP contribution >= 0.6 is 15.9 Å². The van der Waals surface area contributed by atoms with Crippen molar-refractivity contribution < 1.29 is 22.6 Å². The first-order chi connectivity index (χ1) is 13.7. The number of benzene rings is 1. The Morgan fingerprint density at radius 3 is 2.59 bits per heavy atom. The van der Waals surface area contributed by atoms with Gasteiger partial charge in [0, 0.05) is 12.1 Å². The van der Waals surface area contributed by atoms with Crippen LogP contribution in [0.4, 0.5) is 15.9 Å². The van der Waals surface area contributed by atoms with Gasteiger partial charge >= 0.3 is 0 Å². The average Bonchev–Trinajstić information content (AvgIpc) is 3.11. The predicted octanol–water partition coefficient (Wildman–Crippen LogP) is 1.54. The van der Waals surface area contributed by atoms with E-state index in [0.29, 0.717) is 31.4 Å². The second kappa shape index (κ2) is 9.13. The summed E-state index contributed by atoms with van der Waals surface area (Å²) >= 11 is 3.07. The molecule has 0 amide bonds. The number of hydroxylamine groups is 1. The van der Waals surface area contributed by atoms with Crippen molar-refractivity contribution in [1.82, 2.24) is 20.5 Å². The van der Waals surface area contributed by atoms with Crippen molar-refractivity contribution in [1.29, 1.82) is 0 Å². The molecule has 3 rings (SSSR count). The third-order valence-corrected chi connectivity index (χ3v) is 5.63. The maximum Gasteiger partial charge on any atom is 0.274 e. The fourth-order valence-electron chi connectivity index (χ4n) is 3.03. The molecule has 14 heteroatoms. The predicted molar refractivity (Wildman–Crippen MR) is 105 cm³/mol. The van der Waals surface area contributed by atoms with E-state index in [-0.39, 0.29) is 33.9 Å². The minimum atomic E-state index is -3.73. The first-order valence-electron chi connectivity index (χ1n) is 8.58. The summed E-state index contributed by atoms with van der Waals surface area (Å²) in [5, 5.41) is 25.2. The lowest BCUT2D eigenvalue weighted by molar-refractivity contribution is 0.234. The Labute approximate surface area is 174 Å². The highest BCUT2D eigenvalue weighted by atomic mass is 79.9. The maximum atomic E-state index is 13.4. The van der Waals surface area contributed by atoms with Crippen LogP contribution in [0.15, 0.2) is 32.3 Å². The minimum absolute atomic E-state index is 0.0147. The van der Waals surface area contributed by atoms with Crippen LogP contribution in [0.1, 0.15) is 31.4 Å². The second-order valence-corrected chi connectivity index (χ2v) is 8.67. The lowest BCUT2D eigenvalue weighted by atomic mass is 9.92. The number of halogens is 2.